The average molecular weight is 180 g/mol. The van der Waals surface area contributed by atoms with Gasteiger partial charge in [-0.05, 0) is 39.5 Å². The van der Waals surface area contributed by atoms with E-state index in [1.54, 1.807) is 0 Å². The van der Waals surface area contributed by atoms with E-state index in [4.69, 9.17) is 0 Å². The van der Waals surface area contributed by atoms with Gasteiger partial charge in [0.2, 0.25) is 0 Å². The van der Waals surface area contributed by atoms with Crippen molar-refractivity contribution < 1.29 is 4.79 Å². The Morgan fingerprint density at radius 3 is 2.54 bits per heavy atom. The van der Waals surface area contributed by atoms with Crippen LogP contribution in [0.3, 0.4) is 0 Å². The SMILES string of the molecule is CCC[C@@]1(C=O)CCC(C)=C(C)C1. The van der Waals surface area contributed by atoms with Crippen LogP contribution in [-0.4, -0.2) is 6.29 Å². The third-order valence-corrected chi connectivity index (χ3v) is 3.34. The molecule has 0 N–H and O–H groups in total. The van der Waals surface area contributed by atoms with Gasteiger partial charge in [0.15, 0.2) is 0 Å². The third-order valence-electron chi connectivity index (χ3n) is 3.34. The van der Waals surface area contributed by atoms with E-state index in [1.807, 2.05) is 0 Å². The first-order valence-electron chi connectivity index (χ1n) is 5.25. The molecule has 1 aliphatic rings. The second-order valence-electron chi connectivity index (χ2n) is 4.47. The largest absolute Gasteiger partial charge is 0.303 e. The van der Waals surface area contributed by atoms with Gasteiger partial charge < -0.3 is 4.79 Å². The third kappa shape index (κ3) is 2.20. The second kappa shape index (κ2) is 4.08. The summed E-state index contributed by atoms with van der Waals surface area (Å²) in [4.78, 5) is 11.1. The molecule has 0 aromatic carbocycles. The highest BCUT2D eigenvalue weighted by Crippen LogP contribution is 2.40. The lowest BCUT2D eigenvalue weighted by molar-refractivity contribution is -0.117. The zero-order valence-corrected chi connectivity index (χ0v) is 9.02. The molecule has 0 saturated heterocycles. The molecule has 74 valence electrons. The molecule has 1 atom stereocenters. The van der Waals surface area contributed by atoms with Gasteiger partial charge in [-0.1, -0.05) is 24.5 Å². The van der Waals surface area contributed by atoms with Crippen LogP contribution >= 0.6 is 0 Å². The molecule has 0 heterocycles. The summed E-state index contributed by atoms with van der Waals surface area (Å²) in [5.74, 6) is 0. The van der Waals surface area contributed by atoms with Crippen molar-refractivity contribution >= 4 is 6.29 Å². The first-order valence-corrected chi connectivity index (χ1v) is 5.25. The van der Waals surface area contributed by atoms with Crippen LogP contribution in [0, 0.1) is 5.41 Å². The van der Waals surface area contributed by atoms with Gasteiger partial charge >= 0.3 is 0 Å². The van der Waals surface area contributed by atoms with Crippen LogP contribution < -0.4 is 0 Å². The molecule has 0 unspecified atom stereocenters. The topological polar surface area (TPSA) is 17.1 Å². The minimum atomic E-state index is -0.0155. The lowest BCUT2D eigenvalue weighted by Crippen LogP contribution is -2.26. The van der Waals surface area contributed by atoms with Crippen LogP contribution in [0.25, 0.3) is 0 Å². The molecule has 0 aliphatic heterocycles. The number of carbonyl (C=O) groups excluding carboxylic acids is 1. The molecule has 1 aliphatic carbocycles. The quantitative estimate of drug-likeness (QED) is 0.480. The fourth-order valence-electron chi connectivity index (χ4n) is 2.29. The zero-order chi connectivity index (χ0) is 9.90. The fraction of sp³-hybridized carbons (Fsp3) is 0.750. The molecule has 0 amide bonds. The Morgan fingerprint density at radius 2 is 2.08 bits per heavy atom. The number of hydrogen-bond donors (Lipinski definition) is 0. The molecule has 1 rings (SSSR count). The maximum absolute atomic E-state index is 11.1. The van der Waals surface area contributed by atoms with Crippen molar-refractivity contribution in [2.45, 2.75) is 52.9 Å². The van der Waals surface area contributed by atoms with Crippen LogP contribution in [0.4, 0.5) is 0 Å². The van der Waals surface area contributed by atoms with Gasteiger partial charge in [-0.15, -0.1) is 0 Å². The fourth-order valence-corrected chi connectivity index (χ4v) is 2.29. The van der Waals surface area contributed by atoms with E-state index < -0.39 is 0 Å². The number of rotatable bonds is 3. The van der Waals surface area contributed by atoms with Crippen molar-refractivity contribution in [2.75, 3.05) is 0 Å². The van der Waals surface area contributed by atoms with Crippen LogP contribution in [0.15, 0.2) is 11.1 Å². The van der Waals surface area contributed by atoms with E-state index in [1.165, 1.54) is 17.4 Å². The van der Waals surface area contributed by atoms with E-state index in [0.29, 0.717) is 0 Å². The Labute approximate surface area is 81.2 Å². The summed E-state index contributed by atoms with van der Waals surface area (Å²) < 4.78 is 0. The zero-order valence-electron chi connectivity index (χ0n) is 9.02. The van der Waals surface area contributed by atoms with Gasteiger partial charge in [0.05, 0.1) is 0 Å². The van der Waals surface area contributed by atoms with Crippen molar-refractivity contribution in [1.29, 1.82) is 0 Å². The van der Waals surface area contributed by atoms with E-state index in [-0.39, 0.29) is 5.41 Å². The van der Waals surface area contributed by atoms with Gasteiger partial charge in [-0.2, -0.15) is 0 Å². The molecule has 13 heavy (non-hydrogen) atoms. The molecule has 0 radical (unpaired) electrons. The Hall–Kier alpha value is -0.590. The Balaban J connectivity index is 2.77. The van der Waals surface area contributed by atoms with E-state index >= 15 is 0 Å². The van der Waals surface area contributed by atoms with Crippen molar-refractivity contribution in [2.24, 2.45) is 5.41 Å². The van der Waals surface area contributed by atoms with Crippen LogP contribution in [-0.2, 0) is 4.79 Å². The summed E-state index contributed by atoms with van der Waals surface area (Å²) in [6.07, 6.45) is 6.55. The van der Waals surface area contributed by atoms with Crippen molar-refractivity contribution in [3.63, 3.8) is 0 Å². The molecule has 0 bridgehead atoms. The summed E-state index contributed by atoms with van der Waals surface area (Å²) in [6.45, 7) is 6.52. The number of hydrogen-bond acceptors (Lipinski definition) is 1. The maximum atomic E-state index is 11.1. The number of carbonyl (C=O) groups is 1. The van der Waals surface area contributed by atoms with E-state index in [0.717, 1.165) is 32.1 Å². The summed E-state index contributed by atoms with van der Waals surface area (Å²) in [5, 5.41) is 0. The molecule has 0 spiro atoms. The van der Waals surface area contributed by atoms with E-state index in [2.05, 4.69) is 20.8 Å². The average Bonchev–Trinajstić information content (AvgIpc) is 2.12. The van der Waals surface area contributed by atoms with E-state index in [9.17, 15) is 4.79 Å². The standard InChI is InChI=1S/C12H20O/c1-4-6-12(9-13)7-5-10(2)11(3)8-12/h9H,4-8H2,1-3H3/t12-/m1/s1. The smallest absolute Gasteiger partial charge is 0.126 e. The summed E-state index contributed by atoms with van der Waals surface area (Å²) in [7, 11) is 0. The molecule has 0 aromatic rings. The predicted molar refractivity (Wildman–Crippen MR) is 55.6 cm³/mol. The second-order valence-corrected chi connectivity index (χ2v) is 4.47. The lowest BCUT2D eigenvalue weighted by Gasteiger charge is -2.33. The van der Waals surface area contributed by atoms with Gasteiger partial charge in [0.25, 0.3) is 0 Å². The van der Waals surface area contributed by atoms with Crippen molar-refractivity contribution in [3.05, 3.63) is 11.1 Å². The number of aldehydes is 1. The molecular weight excluding hydrogens is 160 g/mol. The predicted octanol–water partition coefficient (Wildman–Crippen LogP) is 3.49. The van der Waals surface area contributed by atoms with Crippen LogP contribution in [0.2, 0.25) is 0 Å². The summed E-state index contributed by atoms with van der Waals surface area (Å²) in [6, 6.07) is 0. The highest BCUT2D eigenvalue weighted by atomic mass is 16.1. The molecule has 0 fully saturated rings. The highest BCUT2D eigenvalue weighted by Gasteiger charge is 2.32. The van der Waals surface area contributed by atoms with Crippen LogP contribution in [0.5, 0.6) is 0 Å². The Kier molecular flexibility index (Phi) is 3.29. The van der Waals surface area contributed by atoms with Crippen LogP contribution in [0.1, 0.15) is 52.9 Å². The first kappa shape index (κ1) is 10.5. The molecule has 0 saturated carbocycles. The minimum absolute atomic E-state index is 0.0155. The van der Waals surface area contributed by atoms with Crippen molar-refractivity contribution in [3.8, 4) is 0 Å². The summed E-state index contributed by atoms with van der Waals surface area (Å²) >= 11 is 0. The van der Waals surface area contributed by atoms with Gasteiger partial charge in [0.1, 0.15) is 6.29 Å². The normalized spacial score (nSPS) is 29.2. The Bertz CT molecular complexity index is 227. The monoisotopic (exact) mass is 180 g/mol. The van der Waals surface area contributed by atoms with Gasteiger partial charge in [-0.3, -0.25) is 0 Å². The molecule has 1 heteroatoms. The highest BCUT2D eigenvalue weighted by molar-refractivity contribution is 5.60. The molecule has 0 aromatic heterocycles. The van der Waals surface area contributed by atoms with Gasteiger partial charge in [0, 0.05) is 5.41 Å². The Morgan fingerprint density at radius 1 is 1.38 bits per heavy atom. The molecular formula is C12H20O. The van der Waals surface area contributed by atoms with Crippen molar-refractivity contribution in [1.82, 2.24) is 0 Å². The lowest BCUT2D eigenvalue weighted by atomic mass is 9.70. The maximum Gasteiger partial charge on any atom is 0.126 e. The first-order chi connectivity index (χ1) is 6.13. The summed E-state index contributed by atoms with van der Waals surface area (Å²) in [5.41, 5.74) is 2.92. The number of allylic oxidation sites excluding steroid dienone is 2. The molecule has 1 nitrogen and oxygen atoms in total. The van der Waals surface area contributed by atoms with Gasteiger partial charge in [-0.25, -0.2) is 0 Å². The minimum Gasteiger partial charge on any atom is -0.303 e.